The fourth-order valence-corrected chi connectivity index (χ4v) is 2.84. The van der Waals surface area contributed by atoms with Crippen LogP contribution >= 0.6 is 32.8 Å². The van der Waals surface area contributed by atoms with Gasteiger partial charge in [-0.05, 0) is 6.07 Å². The fraction of sp³-hybridized carbons (Fsp3) is 0. The molecule has 0 N–H and O–H groups in total. The number of hydrogen-bond donors (Lipinski definition) is 1. The van der Waals surface area contributed by atoms with Crippen LogP contribution in [0.4, 0.5) is 5.69 Å². The van der Waals surface area contributed by atoms with Crippen molar-refractivity contribution in [3.63, 3.8) is 0 Å². The first-order valence-corrected chi connectivity index (χ1v) is 6.26. The minimum atomic E-state index is -0.519. The van der Waals surface area contributed by atoms with Gasteiger partial charge in [-0.3, -0.25) is 10.1 Å². The minimum absolute atomic E-state index is 0.109. The number of rotatable bonds is 1. The van der Waals surface area contributed by atoms with Crippen LogP contribution in [0.5, 0.6) is 0 Å². The summed E-state index contributed by atoms with van der Waals surface area (Å²) in [7, 11) is -0.443. The van der Waals surface area contributed by atoms with Crippen LogP contribution in [0.1, 0.15) is 0 Å². The molecule has 72 valence electrons. The summed E-state index contributed by atoms with van der Waals surface area (Å²) in [4.78, 5) is 14.1. The van der Waals surface area contributed by atoms with E-state index in [0.717, 1.165) is 4.70 Å². The van der Waals surface area contributed by atoms with E-state index in [1.165, 1.54) is 6.07 Å². The maximum absolute atomic E-state index is 10.7. The summed E-state index contributed by atoms with van der Waals surface area (Å²) in [5.74, 6) is 0. The van der Waals surface area contributed by atoms with E-state index in [1.54, 1.807) is 11.6 Å². The number of nitrogens with zero attached hydrogens (tertiary/aromatic N) is 2. The van der Waals surface area contributed by atoms with E-state index < -0.39 is 14.4 Å². The van der Waals surface area contributed by atoms with E-state index in [4.69, 9.17) is 11.6 Å². The van der Waals surface area contributed by atoms with Crippen molar-refractivity contribution in [2.24, 2.45) is 0 Å². The minimum Gasteiger partial charge on any atom is -0.258 e. The molecule has 0 radical (unpaired) electrons. The Bertz CT molecular complexity index is 526. The van der Waals surface area contributed by atoms with Gasteiger partial charge in [-0.15, -0.1) is 0 Å². The van der Waals surface area contributed by atoms with Crippen molar-refractivity contribution in [1.29, 1.82) is 0 Å². The van der Waals surface area contributed by atoms with E-state index in [2.05, 4.69) is 16.6 Å². The zero-order valence-corrected chi connectivity index (χ0v) is 9.14. The molecule has 1 heterocycles. The lowest BCUT2D eigenvalue weighted by Crippen LogP contribution is -1.90. The average molecular weight is 248 g/mol. The lowest BCUT2D eigenvalue weighted by Gasteiger charge is -1.92. The van der Waals surface area contributed by atoms with Crippen LogP contribution in [0, 0.1) is 10.1 Å². The summed E-state index contributed by atoms with van der Waals surface area (Å²) in [5.41, 5.74) is 1.78. The van der Waals surface area contributed by atoms with E-state index in [-0.39, 0.29) is 10.7 Å². The van der Waals surface area contributed by atoms with Gasteiger partial charge >= 0.3 is 5.69 Å². The number of benzene rings is 1. The average Bonchev–Trinajstić information content (AvgIpc) is 2.47. The largest absolute Gasteiger partial charge is 0.319 e. The Morgan fingerprint density at radius 3 is 2.93 bits per heavy atom. The fourth-order valence-electron chi connectivity index (χ4n) is 1.16. The maximum Gasteiger partial charge on any atom is 0.319 e. The molecule has 7 heteroatoms. The highest BCUT2D eigenvalue weighted by molar-refractivity contribution is 8.34. The molecule has 0 amide bonds. The van der Waals surface area contributed by atoms with Crippen molar-refractivity contribution < 1.29 is 4.92 Å². The molecule has 0 aliphatic heterocycles. The predicted molar refractivity (Wildman–Crippen MR) is 60.3 cm³/mol. The molecule has 1 aromatic heterocycles. The molecule has 2 rings (SSSR count). The Kier molecular flexibility index (Phi) is 2.34. The SMILES string of the molecule is O=[N+]([O-])c1c(Cl)ccc2c1nc[s+]2S. The standard InChI is InChI=1S/C7H4ClN2O2S2/c8-4-1-2-5-6(7(4)10(11)12)9-3-14(5)13/h1-3,13H/q+1. The number of thiazole rings is 1. The van der Waals surface area contributed by atoms with Gasteiger partial charge < -0.3 is 0 Å². The normalized spacial score (nSPS) is 12.0. The molecule has 1 aromatic carbocycles. The molecule has 0 saturated heterocycles. The number of halogens is 1. The molecule has 4 nitrogen and oxygen atoms in total. The van der Waals surface area contributed by atoms with Crippen LogP contribution in [0.2, 0.25) is 5.02 Å². The molecule has 0 saturated carbocycles. The van der Waals surface area contributed by atoms with Crippen LogP contribution in [-0.2, 0) is 0 Å². The Balaban J connectivity index is 2.90. The topological polar surface area (TPSA) is 56.0 Å². The third-order valence-corrected chi connectivity index (χ3v) is 4.02. The zero-order chi connectivity index (χ0) is 10.3. The van der Waals surface area contributed by atoms with Crippen molar-refractivity contribution in [3.8, 4) is 0 Å². The van der Waals surface area contributed by atoms with Crippen molar-refractivity contribution in [2.45, 2.75) is 0 Å². The number of nitro benzene ring substituents is 1. The van der Waals surface area contributed by atoms with Gasteiger partial charge in [0.15, 0.2) is 0 Å². The number of aromatic nitrogens is 1. The highest BCUT2D eigenvalue weighted by Gasteiger charge is 2.24. The Morgan fingerprint density at radius 2 is 2.29 bits per heavy atom. The van der Waals surface area contributed by atoms with Crippen molar-refractivity contribution in [3.05, 3.63) is 32.8 Å². The van der Waals surface area contributed by atoms with Gasteiger partial charge in [0.25, 0.3) is 0 Å². The number of nitro groups is 1. The molecule has 1 unspecified atom stereocenters. The zero-order valence-electron chi connectivity index (χ0n) is 6.68. The van der Waals surface area contributed by atoms with Gasteiger partial charge in [0, 0.05) is 6.07 Å². The second-order valence-electron chi connectivity index (χ2n) is 2.55. The lowest BCUT2D eigenvalue weighted by atomic mass is 10.3. The summed E-state index contributed by atoms with van der Waals surface area (Å²) in [6.45, 7) is 0. The first-order chi connectivity index (χ1) is 6.61. The van der Waals surface area contributed by atoms with Gasteiger partial charge in [-0.2, -0.15) is 4.98 Å². The van der Waals surface area contributed by atoms with Crippen molar-refractivity contribution >= 4 is 48.7 Å². The Morgan fingerprint density at radius 1 is 1.57 bits per heavy atom. The highest BCUT2D eigenvalue weighted by Crippen LogP contribution is 2.39. The van der Waals surface area contributed by atoms with Crippen LogP contribution < -0.4 is 0 Å². The number of fused-ring (bicyclic) bond motifs is 1. The molecular formula is C7H4ClN2O2S2+. The summed E-state index contributed by atoms with van der Waals surface area (Å²) < 4.78 is 0.754. The van der Waals surface area contributed by atoms with Gasteiger partial charge in [0.1, 0.15) is 16.7 Å². The summed E-state index contributed by atoms with van der Waals surface area (Å²) >= 11 is 9.95. The van der Waals surface area contributed by atoms with Crippen LogP contribution in [0.25, 0.3) is 10.2 Å². The molecular weight excluding hydrogens is 244 g/mol. The molecule has 0 aliphatic rings. The third kappa shape index (κ3) is 1.35. The van der Waals surface area contributed by atoms with Crippen LogP contribution in [-0.4, -0.2) is 9.91 Å². The van der Waals surface area contributed by atoms with Crippen molar-refractivity contribution in [2.75, 3.05) is 0 Å². The number of hydrogen-bond acceptors (Lipinski definition) is 4. The van der Waals surface area contributed by atoms with E-state index in [0.29, 0.717) is 5.52 Å². The monoisotopic (exact) mass is 247 g/mol. The lowest BCUT2D eigenvalue weighted by molar-refractivity contribution is -0.383. The summed E-state index contributed by atoms with van der Waals surface area (Å²) in [5, 5.41) is 10.8. The molecule has 14 heavy (non-hydrogen) atoms. The van der Waals surface area contributed by atoms with Gasteiger partial charge in [0.05, 0.1) is 14.4 Å². The molecule has 1 atom stereocenters. The quantitative estimate of drug-likeness (QED) is 0.277. The van der Waals surface area contributed by atoms with Crippen LogP contribution in [0.3, 0.4) is 0 Å². The Labute approximate surface area is 91.5 Å². The first kappa shape index (κ1) is 9.70. The van der Waals surface area contributed by atoms with Crippen LogP contribution in [0.15, 0.2) is 17.6 Å². The predicted octanol–water partition coefficient (Wildman–Crippen LogP) is 3.24. The molecule has 0 aliphatic carbocycles. The Hall–Kier alpha value is -0.850. The van der Waals surface area contributed by atoms with E-state index in [1.807, 2.05) is 0 Å². The first-order valence-electron chi connectivity index (χ1n) is 3.54. The molecule has 0 spiro atoms. The summed E-state index contributed by atoms with van der Waals surface area (Å²) in [6.07, 6.45) is 0. The number of thiol groups is 1. The highest BCUT2D eigenvalue weighted by atomic mass is 35.5. The summed E-state index contributed by atoms with van der Waals surface area (Å²) in [6, 6.07) is 3.22. The van der Waals surface area contributed by atoms with E-state index >= 15 is 0 Å². The maximum atomic E-state index is 10.7. The smallest absolute Gasteiger partial charge is 0.258 e. The van der Waals surface area contributed by atoms with Gasteiger partial charge in [0.2, 0.25) is 15.7 Å². The molecule has 2 aromatic rings. The van der Waals surface area contributed by atoms with Crippen molar-refractivity contribution in [1.82, 2.24) is 4.98 Å². The second kappa shape index (κ2) is 3.38. The molecule has 0 fully saturated rings. The van der Waals surface area contributed by atoms with Gasteiger partial charge in [-0.25, -0.2) is 0 Å². The second-order valence-corrected chi connectivity index (χ2v) is 5.42. The third-order valence-electron chi connectivity index (χ3n) is 1.75. The molecule has 0 bridgehead atoms. The van der Waals surface area contributed by atoms with Gasteiger partial charge in [-0.1, -0.05) is 11.6 Å². The van der Waals surface area contributed by atoms with E-state index in [9.17, 15) is 10.1 Å².